The van der Waals surface area contributed by atoms with E-state index in [-0.39, 0.29) is 13.4 Å². The molecule has 1 spiro atoms. The van der Waals surface area contributed by atoms with Crippen LogP contribution < -0.4 is 42.3 Å². The number of hydrogen-bond donors (Lipinski definition) is 0. The molecule has 0 N–H and O–H groups in total. The van der Waals surface area contributed by atoms with Crippen molar-refractivity contribution >= 4 is 134 Å². The number of hydrogen-bond acceptors (Lipinski definition) is 4. The third-order valence-electron chi connectivity index (χ3n) is 21.2. The summed E-state index contributed by atoms with van der Waals surface area (Å²) in [5.41, 5.74) is 25.2. The molecule has 6 heterocycles. The van der Waals surface area contributed by atoms with Crippen molar-refractivity contribution in [3.8, 4) is 56.6 Å². The van der Waals surface area contributed by atoms with Crippen molar-refractivity contribution in [3.63, 3.8) is 0 Å². The van der Waals surface area contributed by atoms with E-state index in [9.17, 15) is 0 Å². The van der Waals surface area contributed by atoms with Crippen LogP contribution in [0.25, 0.3) is 121 Å². The fraction of sp³-hybridized carbons (Fsp3) is 0.0118. The van der Waals surface area contributed by atoms with Gasteiger partial charge in [-0.05, 0) is 140 Å². The van der Waals surface area contributed by atoms with Crippen LogP contribution in [0.3, 0.4) is 0 Å². The van der Waals surface area contributed by atoms with Crippen molar-refractivity contribution < 1.29 is 18.3 Å². The summed E-state index contributed by atoms with van der Waals surface area (Å²) >= 11 is 0. The molecule has 8 heteroatoms. The van der Waals surface area contributed by atoms with Gasteiger partial charge in [-0.2, -0.15) is 0 Å². The van der Waals surface area contributed by atoms with Gasteiger partial charge in [0, 0.05) is 54.8 Å². The Bertz CT molecular complexity index is 5960. The molecular formula is C85H48B2N2O4. The van der Waals surface area contributed by atoms with Gasteiger partial charge in [0.25, 0.3) is 13.4 Å². The quantitative estimate of drug-likeness (QED) is 0.165. The lowest BCUT2D eigenvalue weighted by Crippen LogP contribution is -2.55. The molecule has 0 fully saturated rings. The molecule has 14 aromatic carbocycles. The van der Waals surface area contributed by atoms with Crippen molar-refractivity contribution in [2.24, 2.45) is 0 Å². The van der Waals surface area contributed by atoms with Crippen LogP contribution in [0.1, 0.15) is 22.3 Å². The van der Waals surface area contributed by atoms with E-state index in [1.807, 2.05) is 0 Å². The minimum absolute atomic E-state index is 0.0867. The summed E-state index contributed by atoms with van der Waals surface area (Å²) in [6.07, 6.45) is 0. The lowest BCUT2D eigenvalue weighted by atomic mass is 9.35. The summed E-state index contributed by atoms with van der Waals surface area (Å²) in [6, 6.07) is 107. The molecule has 18 aromatic rings. The van der Waals surface area contributed by atoms with Crippen LogP contribution in [0, 0.1) is 0 Å². The smallest absolute Gasteiger partial charge is 0.250 e. The van der Waals surface area contributed by atoms with Crippen LogP contribution in [0.2, 0.25) is 0 Å². The first-order chi connectivity index (χ1) is 46.2. The zero-order valence-corrected chi connectivity index (χ0v) is 49.9. The Labute approximate surface area is 533 Å². The highest BCUT2D eigenvalue weighted by molar-refractivity contribution is 6.97. The highest BCUT2D eigenvalue weighted by Gasteiger charge is 2.56. The molecule has 0 atom stereocenters. The zero-order chi connectivity index (χ0) is 60.4. The highest BCUT2D eigenvalue weighted by atomic mass is 16.5. The molecule has 2 aliphatic heterocycles. The lowest BCUT2D eigenvalue weighted by Gasteiger charge is -2.33. The van der Waals surface area contributed by atoms with Gasteiger partial charge < -0.3 is 27.4 Å². The summed E-state index contributed by atoms with van der Waals surface area (Å²) in [4.78, 5) is 0. The van der Waals surface area contributed by atoms with Crippen LogP contribution >= 0.6 is 0 Å². The third kappa shape index (κ3) is 6.39. The molecule has 2 aliphatic carbocycles. The fourth-order valence-corrected chi connectivity index (χ4v) is 17.5. The van der Waals surface area contributed by atoms with E-state index < -0.39 is 5.41 Å². The minimum atomic E-state index is -0.857. The van der Waals surface area contributed by atoms with E-state index in [2.05, 4.69) is 300 Å². The van der Waals surface area contributed by atoms with Gasteiger partial charge in [0.1, 0.15) is 45.3 Å². The molecule has 6 nitrogen and oxygen atoms in total. The Morgan fingerprint density at radius 1 is 0.290 bits per heavy atom. The number of benzene rings is 14. The first kappa shape index (κ1) is 49.8. The van der Waals surface area contributed by atoms with Crippen molar-refractivity contribution in [2.75, 3.05) is 0 Å². The third-order valence-corrected chi connectivity index (χ3v) is 21.2. The average Bonchev–Trinajstić information content (AvgIpc) is 1.50. The zero-order valence-electron chi connectivity index (χ0n) is 49.9. The summed E-state index contributed by atoms with van der Waals surface area (Å²) in [7, 11) is 0. The minimum Gasteiger partial charge on any atom is -0.458 e. The first-order valence-corrected chi connectivity index (χ1v) is 32.1. The van der Waals surface area contributed by atoms with Gasteiger partial charge in [-0.3, -0.25) is 0 Å². The van der Waals surface area contributed by atoms with E-state index in [1.54, 1.807) is 0 Å². The Hall–Kier alpha value is -12.0. The number of furan rings is 2. The molecule has 22 rings (SSSR count). The van der Waals surface area contributed by atoms with Gasteiger partial charge >= 0.3 is 0 Å². The Kier molecular flexibility index (Phi) is 9.71. The van der Waals surface area contributed by atoms with E-state index in [1.165, 1.54) is 33.2 Å². The Balaban J connectivity index is 0.860. The SMILES string of the molecule is c1ccc(B2c3ccccc3Oc3c2ccc2c3-c3cc(-n4c5ccccc5c5c6oc7ccccc7c6ccc54)ccc3C23c2ccc(-n4c5ccccc5c5c6oc7ccccc7c6ccc54)cc2-c2c3ccc3c2Oc2ccccc2B3c2ccccc2)cc1. The fourth-order valence-electron chi connectivity index (χ4n) is 17.5. The van der Waals surface area contributed by atoms with E-state index >= 15 is 0 Å². The van der Waals surface area contributed by atoms with Crippen LogP contribution in [-0.2, 0) is 5.41 Å². The Morgan fingerprint density at radius 3 is 1.16 bits per heavy atom. The molecule has 4 aliphatic rings. The molecule has 0 bridgehead atoms. The van der Waals surface area contributed by atoms with E-state index in [0.29, 0.717) is 0 Å². The number of ether oxygens (including phenoxy) is 2. The highest BCUT2D eigenvalue weighted by Crippen LogP contribution is 2.66. The summed E-state index contributed by atoms with van der Waals surface area (Å²) in [5, 5.41) is 8.90. The van der Waals surface area contributed by atoms with Crippen LogP contribution in [-0.4, -0.2) is 22.6 Å². The predicted octanol–water partition coefficient (Wildman–Crippen LogP) is 17.3. The maximum Gasteiger partial charge on any atom is 0.250 e. The monoisotopic (exact) mass is 1180 g/mol. The number of fused-ring (bicyclic) bond motifs is 30. The number of para-hydroxylation sites is 6. The van der Waals surface area contributed by atoms with E-state index in [0.717, 1.165) is 166 Å². The molecule has 4 aromatic heterocycles. The van der Waals surface area contributed by atoms with Gasteiger partial charge in [-0.25, -0.2) is 0 Å². The van der Waals surface area contributed by atoms with Gasteiger partial charge in [0.15, 0.2) is 0 Å². The second-order valence-corrected chi connectivity index (χ2v) is 25.6. The molecule has 0 unspecified atom stereocenters. The molecule has 428 valence electrons. The maximum absolute atomic E-state index is 7.59. The Morgan fingerprint density at radius 2 is 0.688 bits per heavy atom. The van der Waals surface area contributed by atoms with Gasteiger partial charge in [0.05, 0.1) is 38.3 Å². The normalized spacial score (nSPS) is 13.8. The standard InChI is InChI=1S/C85H48B2N2O4/c1-3-19-49(20-4-1)86-65-27-11-17-33-75(65)92-83-67(86)43-41-63-77(83)59-47-51(88-69-29-13-7-25-57(69)79-71(88)45-37-55-53-23-9-15-31-73(53)90-81(55)79)35-39-61(59)85(63)62-40-36-52(89-70-30-14-8-26-58(70)80-72(89)46-38-56-54-24-10-16-32-74(54)91-82(56)80)48-60(62)78-64(85)42-44-68-84(78)93-76-34-18-12-28-66(76)87(68)50-21-5-2-6-22-50/h1-48H. The molecule has 0 amide bonds. The van der Waals surface area contributed by atoms with Crippen LogP contribution in [0.15, 0.2) is 300 Å². The van der Waals surface area contributed by atoms with E-state index in [4.69, 9.17) is 18.3 Å². The lowest BCUT2D eigenvalue weighted by molar-refractivity contribution is 0.488. The van der Waals surface area contributed by atoms with Crippen LogP contribution in [0.5, 0.6) is 23.0 Å². The van der Waals surface area contributed by atoms with Gasteiger partial charge in [-0.1, -0.05) is 217 Å². The summed E-state index contributed by atoms with van der Waals surface area (Å²) in [5.74, 6) is 3.48. The summed E-state index contributed by atoms with van der Waals surface area (Å²) in [6.45, 7) is -0.173. The number of rotatable bonds is 4. The molecule has 0 radical (unpaired) electrons. The number of nitrogens with zero attached hydrogens (tertiary/aromatic N) is 2. The van der Waals surface area contributed by atoms with Gasteiger partial charge in [0.2, 0.25) is 0 Å². The van der Waals surface area contributed by atoms with Gasteiger partial charge in [-0.15, -0.1) is 0 Å². The largest absolute Gasteiger partial charge is 0.458 e. The van der Waals surface area contributed by atoms with Crippen LogP contribution in [0.4, 0.5) is 0 Å². The molecule has 0 saturated heterocycles. The summed E-state index contributed by atoms with van der Waals surface area (Å²) < 4.78 is 33.8. The molecule has 0 saturated carbocycles. The van der Waals surface area contributed by atoms with Crippen molar-refractivity contribution in [3.05, 3.63) is 313 Å². The molecular weight excluding hydrogens is 1130 g/mol. The van der Waals surface area contributed by atoms with Crippen molar-refractivity contribution in [1.82, 2.24) is 9.13 Å². The predicted molar refractivity (Wildman–Crippen MR) is 381 cm³/mol. The second kappa shape index (κ2) is 18.1. The maximum atomic E-state index is 7.59. The average molecular weight is 1180 g/mol. The number of aromatic nitrogens is 2. The van der Waals surface area contributed by atoms with Crippen molar-refractivity contribution in [2.45, 2.75) is 5.41 Å². The first-order valence-electron chi connectivity index (χ1n) is 32.1. The second-order valence-electron chi connectivity index (χ2n) is 25.6. The molecule has 93 heavy (non-hydrogen) atoms. The topological polar surface area (TPSA) is 54.6 Å². The van der Waals surface area contributed by atoms with Crippen molar-refractivity contribution in [1.29, 1.82) is 0 Å².